The Balaban J connectivity index is 2.15. The zero-order valence-corrected chi connectivity index (χ0v) is 22.8. The molecule has 0 aliphatic heterocycles. The molecule has 0 heterocycles. The Hall–Kier alpha value is -3.31. The van der Waals surface area contributed by atoms with Crippen molar-refractivity contribution < 1.29 is 42.2 Å². The first-order valence-corrected chi connectivity index (χ1v) is 13.3. The molecule has 0 aromatic heterocycles. The van der Waals surface area contributed by atoms with Crippen LogP contribution in [0, 0.1) is 0 Å². The van der Waals surface area contributed by atoms with Crippen LogP contribution in [0.15, 0.2) is 59.5 Å². The maximum absolute atomic E-state index is 13.0. The number of carbonyl (C=O) groups excluding carboxylic acids is 2. The Morgan fingerprint density at radius 2 is 1.41 bits per heavy atom. The summed E-state index contributed by atoms with van der Waals surface area (Å²) < 4.78 is 42.0. The zero-order chi connectivity index (χ0) is 27.9. The van der Waals surface area contributed by atoms with Crippen LogP contribution in [0.4, 0.5) is 9.59 Å². The average molecular weight is 538 g/mol. The van der Waals surface area contributed by atoms with Gasteiger partial charge in [0.15, 0.2) is 9.84 Å². The summed E-state index contributed by atoms with van der Waals surface area (Å²) in [4.78, 5) is 30.1. The number of hydrogen-bond donors (Lipinski definition) is 1. The molecule has 1 amide bonds. The molecule has 2 aromatic carbocycles. The fraction of sp³-hybridized carbons (Fsp3) is 0.462. The van der Waals surface area contributed by atoms with E-state index in [9.17, 15) is 23.1 Å². The van der Waals surface area contributed by atoms with E-state index in [1.807, 2.05) is 18.2 Å². The van der Waals surface area contributed by atoms with Gasteiger partial charge in [-0.3, -0.25) is 4.84 Å². The SMILES string of the molecule is CC(C)(C)OC(=O)ON(C(=O)OC(C)(C)C)[C@@H](CO)CCS(=O)(=O)c1ccc(Oc2ccccc2)cc1. The van der Waals surface area contributed by atoms with Crippen LogP contribution in [-0.4, -0.2) is 60.4 Å². The number of para-hydroxylation sites is 1. The predicted octanol–water partition coefficient (Wildman–Crippen LogP) is 5.11. The summed E-state index contributed by atoms with van der Waals surface area (Å²) in [6.45, 7) is 8.97. The van der Waals surface area contributed by atoms with Crippen molar-refractivity contribution in [2.45, 2.75) is 70.1 Å². The molecule has 10 nitrogen and oxygen atoms in total. The standard InChI is InChI=1S/C26H35NO9S/c1-25(2,3)34-23(29)27(36-24(30)35-26(4,5)6)19(18-28)16-17-37(31,32)22-14-12-21(13-15-22)33-20-10-8-7-9-11-20/h7-15,19,28H,16-18H2,1-6H3/t19-/m1/s1. The van der Waals surface area contributed by atoms with E-state index in [-0.39, 0.29) is 11.3 Å². The van der Waals surface area contributed by atoms with Crippen LogP contribution in [0.5, 0.6) is 11.5 Å². The molecule has 0 aliphatic rings. The van der Waals surface area contributed by atoms with Gasteiger partial charge in [0.1, 0.15) is 22.7 Å². The third kappa shape index (κ3) is 10.3. The number of ether oxygens (including phenoxy) is 3. The highest BCUT2D eigenvalue weighted by Crippen LogP contribution is 2.24. The van der Waals surface area contributed by atoms with Gasteiger partial charge in [-0.1, -0.05) is 18.2 Å². The first-order valence-electron chi connectivity index (χ1n) is 11.7. The molecule has 204 valence electrons. The monoisotopic (exact) mass is 537 g/mol. The molecule has 2 aromatic rings. The molecule has 0 spiro atoms. The van der Waals surface area contributed by atoms with Gasteiger partial charge in [-0.25, -0.2) is 18.0 Å². The van der Waals surface area contributed by atoms with Crippen molar-refractivity contribution in [3.63, 3.8) is 0 Å². The summed E-state index contributed by atoms with van der Waals surface area (Å²) in [7, 11) is -3.82. The van der Waals surface area contributed by atoms with Crippen LogP contribution in [-0.2, 0) is 24.1 Å². The third-order valence-electron chi connectivity index (χ3n) is 4.56. The van der Waals surface area contributed by atoms with Crippen LogP contribution in [0.25, 0.3) is 0 Å². The van der Waals surface area contributed by atoms with Gasteiger partial charge in [-0.15, -0.1) is 5.06 Å². The number of benzene rings is 2. The lowest BCUT2D eigenvalue weighted by atomic mass is 10.2. The number of hydrogen-bond acceptors (Lipinski definition) is 9. The van der Waals surface area contributed by atoms with E-state index in [0.717, 1.165) is 0 Å². The minimum atomic E-state index is -3.82. The number of carbonyl (C=O) groups is 2. The largest absolute Gasteiger partial charge is 0.534 e. The van der Waals surface area contributed by atoms with E-state index in [1.165, 1.54) is 24.3 Å². The summed E-state index contributed by atoms with van der Waals surface area (Å²) in [5.41, 5.74) is -1.85. The van der Waals surface area contributed by atoms with E-state index < -0.39 is 51.7 Å². The quantitative estimate of drug-likeness (QED) is 0.361. The molecule has 2 rings (SSSR count). The second kappa shape index (κ2) is 12.3. The normalized spacial score (nSPS) is 12.8. The molecule has 0 fully saturated rings. The maximum atomic E-state index is 13.0. The zero-order valence-electron chi connectivity index (χ0n) is 22.0. The minimum absolute atomic E-state index is 0.0291. The van der Waals surface area contributed by atoms with Gasteiger partial charge in [0, 0.05) is 0 Å². The highest BCUT2D eigenvalue weighted by atomic mass is 32.2. The number of aliphatic hydroxyl groups excluding tert-OH is 1. The van der Waals surface area contributed by atoms with Crippen molar-refractivity contribution in [1.29, 1.82) is 0 Å². The van der Waals surface area contributed by atoms with Gasteiger partial charge >= 0.3 is 12.2 Å². The van der Waals surface area contributed by atoms with E-state index in [4.69, 9.17) is 19.0 Å². The number of nitrogens with zero attached hydrogens (tertiary/aromatic N) is 1. The molecular weight excluding hydrogens is 502 g/mol. The topological polar surface area (TPSA) is 129 Å². The molecule has 0 aliphatic carbocycles. The molecule has 37 heavy (non-hydrogen) atoms. The minimum Gasteiger partial charge on any atom is -0.457 e. The van der Waals surface area contributed by atoms with Gasteiger partial charge in [0.25, 0.3) is 0 Å². The van der Waals surface area contributed by atoms with E-state index in [1.54, 1.807) is 53.7 Å². The second-order valence-electron chi connectivity index (χ2n) is 10.2. The highest BCUT2D eigenvalue weighted by molar-refractivity contribution is 7.91. The molecule has 1 atom stereocenters. The number of hydroxylamine groups is 2. The lowest BCUT2D eigenvalue weighted by Gasteiger charge is -2.31. The lowest BCUT2D eigenvalue weighted by molar-refractivity contribution is -0.161. The molecule has 0 radical (unpaired) electrons. The van der Waals surface area contributed by atoms with Crippen LogP contribution in [0.2, 0.25) is 0 Å². The molecule has 11 heteroatoms. The van der Waals surface area contributed by atoms with Crippen molar-refractivity contribution in [3.05, 3.63) is 54.6 Å². The van der Waals surface area contributed by atoms with Gasteiger partial charge in [-0.2, -0.15) is 0 Å². The predicted molar refractivity (Wildman–Crippen MR) is 136 cm³/mol. The van der Waals surface area contributed by atoms with E-state index >= 15 is 0 Å². The number of aliphatic hydroxyl groups is 1. The summed E-state index contributed by atoms with van der Waals surface area (Å²) in [5.74, 6) is 0.616. The van der Waals surface area contributed by atoms with Crippen LogP contribution in [0.3, 0.4) is 0 Å². The molecule has 0 saturated carbocycles. The Bertz CT molecular complexity index is 1140. The summed E-state index contributed by atoms with van der Waals surface area (Å²) in [6.07, 6.45) is -2.52. The van der Waals surface area contributed by atoms with Crippen molar-refractivity contribution in [2.75, 3.05) is 12.4 Å². The highest BCUT2D eigenvalue weighted by Gasteiger charge is 2.34. The second-order valence-corrected chi connectivity index (χ2v) is 12.3. The Labute approximate surface area is 218 Å². The van der Waals surface area contributed by atoms with Crippen LogP contribution < -0.4 is 4.74 Å². The summed E-state index contributed by atoms with van der Waals surface area (Å²) in [5, 5.41) is 10.5. The van der Waals surface area contributed by atoms with Gasteiger partial charge in [0.2, 0.25) is 0 Å². The summed E-state index contributed by atoms with van der Waals surface area (Å²) >= 11 is 0. The molecule has 0 saturated heterocycles. The lowest BCUT2D eigenvalue weighted by Crippen LogP contribution is -2.47. The number of sulfone groups is 1. The maximum Gasteiger partial charge on any atom is 0.534 e. The fourth-order valence-electron chi connectivity index (χ4n) is 2.95. The first kappa shape index (κ1) is 29.9. The fourth-order valence-corrected chi connectivity index (χ4v) is 4.32. The van der Waals surface area contributed by atoms with Crippen LogP contribution >= 0.6 is 0 Å². The first-order chi connectivity index (χ1) is 17.1. The van der Waals surface area contributed by atoms with E-state index in [0.29, 0.717) is 16.6 Å². The van der Waals surface area contributed by atoms with Crippen molar-refractivity contribution >= 4 is 22.1 Å². The smallest absolute Gasteiger partial charge is 0.457 e. The van der Waals surface area contributed by atoms with Crippen molar-refractivity contribution in [1.82, 2.24) is 5.06 Å². The van der Waals surface area contributed by atoms with Gasteiger partial charge in [0.05, 0.1) is 23.3 Å². The number of amides is 1. The Kier molecular flexibility index (Phi) is 9.93. The van der Waals surface area contributed by atoms with Crippen molar-refractivity contribution in [2.24, 2.45) is 0 Å². The summed E-state index contributed by atoms with van der Waals surface area (Å²) in [6, 6.07) is 13.7. The molecule has 0 bridgehead atoms. The molecule has 1 N–H and O–H groups in total. The van der Waals surface area contributed by atoms with Crippen molar-refractivity contribution in [3.8, 4) is 11.5 Å². The Morgan fingerprint density at radius 1 is 0.865 bits per heavy atom. The molecule has 0 unspecified atom stereocenters. The third-order valence-corrected chi connectivity index (χ3v) is 6.32. The van der Waals surface area contributed by atoms with Crippen LogP contribution in [0.1, 0.15) is 48.0 Å². The Morgan fingerprint density at radius 3 is 1.92 bits per heavy atom. The average Bonchev–Trinajstić information content (AvgIpc) is 2.77. The number of rotatable bonds is 8. The molecular formula is C26H35NO9S. The van der Waals surface area contributed by atoms with E-state index in [2.05, 4.69) is 0 Å². The van der Waals surface area contributed by atoms with Gasteiger partial charge in [-0.05, 0) is 84.4 Å². The van der Waals surface area contributed by atoms with Gasteiger partial charge < -0.3 is 19.3 Å².